The number of halogens is 1. The molecule has 0 spiro atoms. The summed E-state index contributed by atoms with van der Waals surface area (Å²) in [7, 11) is 0. The number of benzene rings is 1. The van der Waals surface area contributed by atoms with E-state index < -0.39 is 0 Å². The summed E-state index contributed by atoms with van der Waals surface area (Å²) in [5.74, 6) is -0.642. The van der Waals surface area contributed by atoms with E-state index in [1.165, 1.54) is 19.1 Å². The molecule has 1 fully saturated rings. The molecule has 1 aromatic carbocycles. The Morgan fingerprint density at radius 1 is 1.38 bits per heavy atom. The molecule has 24 heavy (non-hydrogen) atoms. The lowest BCUT2D eigenvalue weighted by Crippen LogP contribution is -2.39. The van der Waals surface area contributed by atoms with Gasteiger partial charge in [-0.25, -0.2) is 4.39 Å². The van der Waals surface area contributed by atoms with Gasteiger partial charge in [-0.1, -0.05) is 12.1 Å². The van der Waals surface area contributed by atoms with Crippen LogP contribution in [0.4, 0.5) is 4.39 Å². The van der Waals surface area contributed by atoms with Gasteiger partial charge in [-0.2, -0.15) is 5.10 Å². The van der Waals surface area contributed by atoms with E-state index in [1.54, 1.807) is 23.2 Å². The zero-order valence-corrected chi connectivity index (χ0v) is 13.4. The van der Waals surface area contributed by atoms with Gasteiger partial charge >= 0.3 is 0 Å². The minimum atomic E-state index is -0.295. The molecule has 2 aromatic rings. The van der Waals surface area contributed by atoms with Crippen LogP contribution in [0.1, 0.15) is 31.5 Å². The molecule has 1 aliphatic heterocycles. The SMILES string of the molecule is CC(=O)NCC(=O)N1CCC[C@H]1c1[nH]ncc1-c1ccc(F)cc1. The molecular formula is C17H19FN4O2. The summed E-state index contributed by atoms with van der Waals surface area (Å²) in [6.45, 7) is 2.02. The molecule has 3 rings (SSSR count). The third-order valence-corrected chi connectivity index (χ3v) is 4.22. The highest BCUT2D eigenvalue weighted by Gasteiger charge is 2.32. The van der Waals surface area contributed by atoms with Crippen LogP contribution in [0.15, 0.2) is 30.5 Å². The van der Waals surface area contributed by atoms with Crippen LogP contribution in [0.2, 0.25) is 0 Å². The van der Waals surface area contributed by atoms with Crippen molar-refractivity contribution in [1.82, 2.24) is 20.4 Å². The molecule has 0 radical (unpaired) electrons. The molecule has 2 heterocycles. The number of nitrogens with zero attached hydrogens (tertiary/aromatic N) is 2. The van der Waals surface area contributed by atoms with Gasteiger partial charge in [0.2, 0.25) is 11.8 Å². The fourth-order valence-electron chi connectivity index (χ4n) is 3.08. The van der Waals surface area contributed by atoms with Gasteiger partial charge in [0.05, 0.1) is 24.5 Å². The van der Waals surface area contributed by atoms with Crippen molar-refractivity contribution in [3.8, 4) is 11.1 Å². The van der Waals surface area contributed by atoms with Gasteiger partial charge in [-0.3, -0.25) is 14.7 Å². The molecule has 2 amide bonds. The van der Waals surface area contributed by atoms with Crippen LogP contribution in [0, 0.1) is 5.82 Å². The number of carbonyl (C=O) groups excluding carboxylic acids is 2. The highest BCUT2D eigenvalue weighted by molar-refractivity contribution is 5.84. The molecule has 0 saturated carbocycles. The molecule has 7 heteroatoms. The van der Waals surface area contributed by atoms with Crippen LogP contribution in [0.25, 0.3) is 11.1 Å². The number of aromatic amines is 1. The largest absolute Gasteiger partial charge is 0.347 e. The van der Waals surface area contributed by atoms with Crippen LogP contribution in [-0.4, -0.2) is 40.0 Å². The topological polar surface area (TPSA) is 78.1 Å². The van der Waals surface area contributed by atoms with Crippen LogP contribution in [0.5, 0.6) is 0 Å². The molecule has 1 atom stereocenters. The fraction of sp³-hybridized carbons (Fsp3) is 0.353. The van der Waals surface area contributed by atoms with Gasteiger partial charge in [-0.15, -0.1) is 0 Å². The number of nitrogens with one attached hydrogen (secondary N) is 2. The number of aromatic nitrogens is 2. The first-order valence-corrected chi connectivity index (χ1v) is 7.89. The average Bonchev–Trinajstić information content (AvgIpc) is 3.21. The molecule has 126 valence electrons. The molecule has 0 aliphatic carbocycles. The van der Waals surface area contributed by atoms with Crippen LogP contribution < -0.4 is 5.32 Å². The summed E-state index contributed by atoms with van der Waals surface area (Å²) < 4.78 is 13.1. The average molecular weight is 330 g/mol. The van der Waals surface area contributed by atoms with Crippen molar-refractivity contribution < 1.29 is 14.0 Å². The first-order valence-electron chi connectivity index (χ1n) is 7.89. The highest BCUT2D eigenvalue weighted by Crippen LogP contribution is 2.36. The van der Waals surface area contributed by atoms with E-state index in [9.17, 15) is 14.0 Å². The standard InChI is InChI=1S/C17H19FN4O2/c1-11(23)19-10-16(24)22-8-2-3-15(22)17-14(9-20-21-17)12-4-6-13(18)7-5-12/h4-7,9,15H,2-3,8,10H2,1H3,(H,19,23)(H,20,21)/t15-/m0/s1. The number of hydrogen-bond acceptors (Lipinski definition) is 3. The summed E-state index contributed by atoms with van der Waals surface area (Å²) >= 11 is 0. The predicted octanol–water partition coefficient (Wildman–Crippen LogP) is 2.02. The molecule has 1 aromatic heterocycles. The molecule has 0 bridgehead atoms. The van der Waals surface area contributed by atoms with Crippen molar-refractivity contribution in [3.05, 3.63) is 42.0 Å². The van der Waals surface area contributed by atoms with Crippen LogP contribution >= 0.6 is 0 Å². The van der Waals surface area contributed by atoms with Crippen molar-refractivity contribution in [2.75, 3.05) is 13.1 Å². The predicted molar refractivity (Wildman–Crippen MR) is 86.4 cm³/mol. The van der Waals surface area contributed by atoms with E-state index in [0.29, 0.717) is 6.54 Å². The van der Waals surface area contributed by atoms with Crippen molar-refractivity contribution in [3.63, 3.8) is 0 Å². The van der Waals surface area contributed by atoms with E-state index in [2.05, 4.69) is 15.5 Å². The molecule has 0 unspecified atom stereocenters. The summed E-state index contributed by atoms with van der Waals surface area (Å²) in [4.78, 5) is 25.1. The Morgan fingerprint density at radius 3 is 2.83 bits per heavy atom. The number of rotatable bonds is 4. The maximum atomic E-state index is 13.1. The minimum Gasteiger partial charge on any atom is -0.347 e. The lowest BCUT2D eigenvalue weighted by molar-refractivity contribution is -0.133. The van der Waals surface area contributed by atoms with Crippen molar-refractivity contribution in [1.29, 1.82) is 0 Å². The monoisotopic (exact) mass is 330 g/mol. The van der Waals surface area contributed by atoms with Gasteiger partial charge in [0.15, 0.2) is 0 Å². The van der Waals surface area contributed by atoms with Gasteiger partial charge in [0.1, 0.15) is 5.82 Å². The van der Waals surface area contributed by atoms with E-state index in [0.717, 1.165) is 29.7 Å². The van der Waals surface area contributed by atoms with Crippen molar-refractivity contribution >= 4 is 11.8 Å². The third kappa shape index (κ3) is 3.29. The van der Waals surface area contributed by atoms with Crippen molar-refractivity contribution in [2.24, 2.45) is 0 Å². The van der Waals surface area contributed by atoms with E-state index >= 15 is 0 Å². The number of carbonyl (C=O) groups is 2. The van der Waals surface area contributed by atoms with Gasteiger partial charge < -0.3 is 10.2 Å². The molecule has 6 nitrogen and oxygen atoms in total. The number of likely N-dealkylation sites (tertiary alicyclic amines) is 1. The van der Waals surface area contributed by atoms with E-state index in [-0.39, 0.29) is 30.2 Å². The lowest BCUT2D eigenvalue weighted by atomic mass is 10.0. The maximum Gasteiger partial charge on any atom is 0.242 e. The Morgan fingerprint density at radius 2 is 2.12 bits per heavy atom. The van der Waals surface area contributed by atoms with Gasteiger partial charge in [-0.05, 0) is 30.5 Å². The Balaban J connectivity index is 1.83. The van der Waals surface area contributed by atoms with Crippen LogP contribution in [-0.2, 0) is 9.59 Å². The summed E-state index contributed by atoms with van der Waals surface area (Å²) in [5.41, 5.74) is 2.55. The molecular weight excluding hydrogens is 311 g/mol. The third-order valence-electron chi connectivity index (χ3n) is 4.22. The number of hydrogen-bond donors (Lipinski definition) is 2. The quantitative estimate of drug-likeness (QED) is 0.900. The Hall–Kier alpha value is -2.70. The van der Waals surface area contributed by atoms with E-state index in [4.69, 9.17) is 0 Å². The summed E-state index contributed by atoms with van der Waals surface area (Å²) in [6, 6.07) is 6.08. The van der Waals surface area contributed by atoms with Gasteiger partial charge in [0.25, 0.3) is 0 Å². The minimum absolute atomic E-state index is 0.00808. The van der Waals surface area contributed by atoms with E-state index in [1.807, 2.05) is 0 Å². The zero-order chi connectivity index (χ0) is 17.1. The number of H-pyrrole nitrogens is 1. The Bertz CT molecular complexity index is 741. The Kier molecular flexibility index (Phi) is 4.59. The van der Waals surface area contributed by atoms with Gasteiger partial charge in [0, 0.05) is 19.0 Å². The first-order chi connectivity index (χ1) is 11.6. The summed E-state index contributed by atoms with van der Waals surface area (Å²) in [6.07, 6.45) is 3.40. The summed E-state index contributed by atoms with van der Waals surface area (Å²) in [5, 5.41) is 9.64. The highest BCUT2D eigenvalue weighted by atomic mass is 19.1. The normalized spacial score (nSPS) is 17.1. The molecule has 1 saturated heterocycles. The lowest BCUT2D eigenvalue weighted by Gasteiger charge is -2.25. The second-order valence-electron chi connectivity index (χ2n) is 5.86. The van der Waals surface area contributed by atoms with Crippen molar-refractivity contribution in [2.45, 2.75) is 25.8 Å². The fourth-order valence-corrected chi connectivity index (χ4v) is 3.08. The first kappa shape index (κ1) is 16.2. The molecule has 1 aliphatic rings. The molecule has 2 N–H and O–H groups in total. The second kappa shape index (κ2) is 6.82. The number of amides is 2. The maximum absolute atomic E-state index is 13.1. The second-order valence-corrected chi connectivity index (χ2v) is 5.86. The smallest absolute Gasteiger partial charge is 0.242 e. The zero-order valence-electron chi connectivity index (χ0n) is 13.4. The Labute approximate surface area is 139 Å². The van der Waals surface area contributed by atoms with Crippen LogP contribution in [0.3, 0.4) is 0 Å².